The number of nitrogens with one attached hydrogen (secondary N) is 1. The number of hydrogen-bond donors (Lipinski definition) is 2. The second-order valence-corrected chi connectivity index (χ2v) is 6.91. The molecule has 3 N–H and O–H groups in total. The van der Waals surface area contributed by atoms with Crippen molar-refractivity contribution in [1.29, 1.82) is 0 Å². The van der Waals surface area contributed by atoms with E-state index >= 15 is 0 Å². The normalized spacial score (nSPS) is 14.4. The zero-order chi connectivity index (χ0) is 18.2. The smallest absolute Gasteiger partial charge is 0.250 e. The van der Waals surface area contributed by atoms with Gasteiger partial charge < -0.3 is 15.8 Å². The molecule has 1 fully saturated rings. The maximum absolute atomic E-state index is 11.3. The molecule has 1 aromatic heterocycles. The van der Waals surface area contributed by atoms with Gasteiger partial charge in [0.2, 0.25) is 5.91 Å². The van der Waals surface area contributed by atoms with Crippen LogP contribution in [0.4, 0.5) is 0 Å². The lowest BCUT2D eigenvalue weighted by atomic mass is 9.89. The molecule has 27 heavy (non-hydrogen) atoms. The predicted octanol–water partition coefficient (Wildman–Crippen LogP) is 3.82. The van der Waals surface area contributed by atoms with Gasteiger partial charge in [-0.1, -0.05) is 31.4 Å². The van der Waals surface area contributed by atoms with Crippen molar-refractivity contribution in [3.63, 3.8) is 0 Å². The van der Waals surface area contributed by atoms with Gasteiger partial charge in [-0.25, -0.2) is 0 Å². The van der Waals surface area contributed by atoms with Crippen LogP contribution in [0, 0.1) is 5.92 Å². The van der Waals surface area contributed by atoms with Crippen molar-refractivity contribution in [2.75, 3.05) is 19.7 Å². The summed E-state index contributed by atoms with van der Waals surface area (Å²) in [4.78, 5) is 15.3. The van der Waals surface area contributed by atoms with Crippen LogP contribution in [0.25, 0.3) is 11.1 Å². The number of ether oxygens (including phenoxy) is 1. The van der Waals surface area contributed by atoms with Crippen LogP contribution in [0.1, 0.15) is 42.5 Å². The van der Waals surface area contributed by atoms with Gasteiger partial charge in [-0.2, -0.15) is 0 Å². The fourth-order valence-electron chi connectivity index (χ4n) is 3.41. The van der Waals surface area contributed by atoms with E-state index in [1.54, 1.807) is 12.3 Å². The fraction of sp³-hybridized carbons (Fsp3) is 0.429. The molecule has 1 aliphatic rings. The third-order valence-corrected chi connectivity index (χ3v) is 4.92. The minimum atomic E-state index is -0.472. The Hall–Kier alpha value is -2.11. The zero-order valence-corrected chi connectivity index (χ0v) is 16.3. The van der Waals surface area contributed by atoms with E-state index in [0.29, 0.717) is 12.2 Å². The van der Waals surface area contributed by atoms with Crippen LogP contribution < -0.4 is 15.8 Å². The molecule has 1 aliphatic carbocycles. The Morgan fingerprint density at radius 3 is 2.56 bits per heavy atom. The molecule has 2 aromatic rings. The molecule has 6 heteroatoms. The maximum atomic E-state index is 11.3. The summed E-state index contributed by atoms with van der Waals surface area (Å²) < 4.78 is 5.80. The maximum Gasteiger partial charge on any atom is 0.250 e. The highest BCUT2D eigenvalue weighted by atomic mass is 35.5. The highest BCUT2D eigenvalue weighted by Crippen LogP contribution is 2.23. The van der Waals surface area contributed by atoms with E-state index in [1.807, 2.05) is 24.3 Å². The molecule has 1 heterocycles. The summed E-state index contributed by atoms with van der Waals surface area (Å²) in [6.45, 7) is 2.62. The first kappa shape index (κ1) is 21.2. The van der Waals surface area contributed by atoms with Gasteiger partial charge in [0, 0.05) is 24.5 Å². The highest BCUT2D eigenvalue weighted by Gasteiger charge is 2.12. The van der Waals surface area contributed by atoms with Crippen LogP contribution in [0.5, 0.6) is 5.75 Å². The summed E-state index contributed by atoms with van der Waals surface area (Å²) in [5.74, 6) is 1.21. The molecular weight excluding hydrogens is 362 g/mol. The summed E-state index contributed by atoms with van der Waals surface area (Å²) >= 11 is 0. The van der Waals surface area contributed by atoms with Crippen molar-refractivity contribution in [1.82, 2.24) is 10.3 Å². The van der Waals surface area contributed by atoms with Crippen molar-refractivity contribution < 1.29 is 9.53 Å². The first-order valence-corrected chi connectivity index (χ1v) is 9.41. The van der Waals surface area contributed by atoms with E-state index in [4.69, 9.17) is 10.5 Å². The molecule has 146 valence electrons. The molecule has 3 rings (SSSR count). The number of carbonyl (C=O) groups is 1. The molecule has 0 saturated heterocycles. The zero-order valence-electron chi connectivity index (χ0n) is 15.5. The largest absolute Gasteiger partial charge is 0.492 e. The Balaban J connectivity index is 0.00000261. The van der Waals surface area contributed by atoms with E-state index in [-0.39, 0.29) is 12.4 Å². The van der Waals surface area contributed by atoms with E-state index in [0.717, 1.165) is 35.9 Å². The number of hydrogen-bond acceptors (Lipinski definition) is 4. The lowest BCUT2D eigenvalue weighted by Crippen LogP contribution is -2.28. The highest BCUT2D eigenvalue weighted by molar-refractivity contribution is 5.93. The molecule has 0 atom stereocenters. The van der Waals surface area contributed by atoms with Crippen LogP contribution in [-0.4, -0.2) is 30.6 Å². The van der Waals surface area contributed by atoms with E-state index in [1.165, 1.54) is 38.3 Å². The lowest BCUT2D eigenvalue weighted by Gasteiger charge is -2.21. The molecule has 0 bridgehead atoms. The Bertz CT molecular complexity index is 716. The number of benzene rings is 1. The van der Waals surface area contributed by atoms with E-state index < -0.39 is 5.91 Å². The van der Waals surface area contributed by atoms with Crippen molar-refractivity contribution in [3.8, 4) is 16.9 Å². The predicted molar refractivity (Wildman–Crippen MR) is 110 cm³/mol. The molecule has 1 aromatic carbocycles. The number of nitrogens with two attached hydrogens (primary N) is 1. The quantitative estimate of drug-likeness (QED) is 0.673. The average Bonchev–Trinajstić information content (AvgIpc) is 2.69. The molecule has 0 spiro atoms. The first-order valence-electron chi connectivity index (χ1n) is 9.41. The van der Waals surface area contributed by atoms with Crippen LogP contribution in [0.15, 0.2) is 42.7 Å². The first-order chi connectivity index (χ1) is 12.7. The number of carbonyl (C=O) groups excluding carboxylic acids is 1. The van der Waals surface area contributed by atoms with Crippen LogP contribution in [0.3, 0.4) is 0 Å². The number of pyridine rings is 1. The summed E-state index contributed by atoms with van der Waals surface area (Å²) in [6, 6.07) is 9.56. The monoisotopic (exact) mass is 389 g/mol. The molecule has 1 saturated carbocycles. The van der Waals surface area contributed by atoms with Gasteiger partial charge in [0.1, 0.15) is 12.4 Å². The summed E-state index contributed by atoms with van der Waals surface area (Å²) in [6.07, 6.45) is 10.1. The van der Waals surface area contributed by atoms with Crippen LogP contribution in [0.2, 0.25) is 0 Å². The average molecular weight is 390 g/mol. The number of amides is 1. The second-order valence-electron chi connectivity index (χ2n) is 6.91. The second kappa shape index (κ2) is 10.9. The molecule has 0 aliphatic heterocycles. The number of aromatic nitrogens is 1. The summed E-state index contributed by atoms with van der Waals surface area (Å²) in [5, 5.41) is 3.50. The van der Waals surface area contributed by atoms with Gasteiger partial charge in [-0.3, -0.25) is 9.78 Å². The molecular formula is C21H28ClN3O2. The van der Waals surface area contributed by atoms with Gasteiger partial charge >= 0.3 is 0 Å². The molecule has 0 unspecified atom stereocenters. The van der Waals surface area contributed by atoms with Crippen molar-refractivity contribution in [2.45, 2.75) is 32.1 Å². The Labute approximate surface area is 167 Å². The SMILES string of the molecule is Cl.NC(=O)c1cncc(-c2ccc(OCCNCC3CCCCC3)cc2)c1. The molecule has 0 radical (unpaired) electrons. The third-order valence-electron chi connectivity index (χ3n) is 4.92. The van der Waals surface area contributed by atoms with Crippen LogP contribution >= 0.6 is 12.4 Å². The minimum Gasteiger partial charge on any atom is -0.492 e. The fourth-order valence-corrected chi connectivity index (χ4v) is 3.41. The standard InChI is InChI=1S/C21H27N3O2.ClH/c22-21(25)19-12-18(14-24-15-19)17-6-8-20(9-7-17)26-11-10-23-13-16-4-2-1-3-5-16;/h6-9,12,14-16,23H,1-5,10-11,13H2,(H2,22,25);1H. The summed E-state index contributed by atoms with van der Waals surface area (Å²) in [5.41, 5.74) is 7.55. The van der Waals surface area contributed by atoms with Crippen molar-refractivity contribution in [2.24, 2.45) is 11.7 Å². The number of nitrogens with zero attached hydrogens (tertiary/aromatic N) is 1. The topological polar surface area (TPSA) is 77.2 Å². The van der Waals surface area contributed by atoms with Gasteiger partial charge in [0.25, 0.3) is 0 Å². The lowest BCUT2D eigenvalue weighted by molar-refractivity contribution is 0.1000. The summed E-state index contributed by atoms with van der Waals surface area (Å²) in [7, 11) is 0. The van der Waals surface area contributed by atoms with Crippen molar-refractivity contribution >= 4 is 18.3 Å². The third kappa shape index (κ3) is 6.52. The molecule has 5 nitrogen and oxygen atoms in total. The Morgan fingerprint density at radius 1 is 1.11 bits per heavy atom. The van der Waals surface area contributed by atoms with Gasteiger partial charge in [-0.15, -0.1) is 12.4 Å². The van der Waals surface area contributed by atoms with E-state index in [9.17, 15) is 4.79 Å². The molecule has 1 amide bonds. The number of halogens is 1. The minimum absolute atomic E-state index is 0. The van der Waals surface area contributed by atoms with Gasteiger partial charge in [0.05, 0.1) is 5.56 Å². The number of rotatable bonds is 8. The Morgan fingerprint density at radius 2 is 1.85 bits per heavy atom. The Kier molecular flexibility index (Phi) is 8.55. The van der Waals surface area contributed by atoms with E-state index in [2.05, 4.69) is 10.3 Å². The van der Waals surface area contributed by atoms with Crippen molar-refractivity contribution in [3.05, 3.63) is 48.3 Å². The van der Waals surface area contributed by atoms with Gasteiger partial charge in [-0.05, 0) is 49.1 Å². The van der Waals surface area contributed by atoms with Crippen LogP contribution in [-0.2, 0) is 0 Å². The number of primary amides is 1. The van der Waals surface area contributed by atoms with Gasteiger partial charge in [0.15, 0.2) is 0 Å².